The number of rotatable bonds is 3. The van der Waals surface area contributed by atoms with Crippen molar-refractivity contribution in [3.05, 3.63) is 23.8 Å². The van der Waals surface area contributed by atoms with Crippen LogP contribution in [0, 0.1) is 30.5 Å². The van der Waals surface area contributed by atoms with Gasteiger partial charge in [0.2, 0.25) is 0 Å². The summed E-state index contributed by atoms with van der Waals surface area (Å²) in [6, 6.07) is 1.82. The van der Waals surface area contributed by atoms with E-state index in [-0.39, 0.29) is 11.8 Å². The average molecular weight is 334 g/mol. The minimum atomic E-state index is -0.436. The van der Waals surface area contributed by atoms with E-state index >= 15 is 0 Å². The molecule has 1 saturated heterocycles. The van der Waals surface area contributed by atoms with E-state index in [1.54, 1.807) is 0 Å². The normalized spacial score (nSPS) is 26.5. The van der Waals surface area contributed by atoms with Crippen LogP contribution in [-0.4, -0.2) is 29.6 Å². The fourth-order valence-electron chi connectivity index (χ4n) is 4.21. The number of halogens is 1. The van der Waals surface area contributed by atoms with E-state index in [0.29, 0.717) is 29.9 Å². The number of piperidine rings is 1. The highest BCUT2D eigenvalue weighted by Crippen LogP contribution is 2.45. The van der Waals surface area contributed by atoms with E-state index in [9.17, 15) is 9.18 Å². The van der Waals surface area contributed by atoms with E-state index in [1.807, 2.05) is 33.8 Å². The van der Waals surface area contributed by atoms with Gasteiger partial charge in [-0.1, -0.05) is 0 Å². The summed E-state index contributed by atoms with van der Waals surface area (Å²) in [5, 5.41) is 0. The number of aryl methyl sites for hydroxylation is 1. The van der Waals surface area contributed by atoms with Crippen LogP contribution in [0.3, 0.4) is 0 Å². The highest BCUT2D eigenvalue weighted by Gasteiger charge is 2.43. The van der Waals surface area contributed by atoms with Gasteiger partial charge in [-0.2, -0.15) is 0 Å². The Hall–Kier alpha value is -1.65. The molecule has 132 valence electrons. The molecule has 0 amide bonds. The molecule has 24 heavy (non-hydrogen) atoms. The maximum absolute atomic E-state index is 14.1. The van der Waals surface area contributed by atoms with Crippen LogP contribution in [0.25, 0.3) is 0 Å². The highest BCUT2D eigenvalue weighted by molar-refractivity contribution is 5.70. The van der Waals surface area contributed by atoms with Crippen LogP contribution in [0.5, 0.6) is 0 Å². The maximum atomic E-state index is 14.1. The summed E-state index contributed by atoms with van der Waals surface area (Å²) in [5.74, 6) is 0.866. The standard InChI is InChI=1S/C19H27FN2O2/c1-12-7-17(16(20)9-21-12)22-10-13-5-6-14(11-22)15(13)8-18(23)24-19(2,3)4/h7,9,13-15H,5-6,8,10-11H2,1-4H3/t13-,14+,15?. The summed E-state index contributed by atoms with van der Waals surface area (Å²) < 4.78 is 19.6. The first-order valence-corrected chi connectivity index (χ1v) is 8.82. The average Bonchev–Trinajstić information content (AvgIpc) is 2.70. The number of fused-ring (bicyclic) bond motifs is 2. The van der Waals surface area contributed by atoms with Crippen LogP contribution in [-0.2, 0) is 9.53 Å². The molecule has 1 saturated carbocycles. The molecular weight excluding hydrogens is 307 g/mol. The van der Waals surface area contributed by atoms with Gasteiger partial charge in [-0.25, -0.2) is 4.39 Å². The van der Waals surface area contributed by atoms with Crippen LogP contribution in [0.4, 0.5) is 10.1 Å². The lowest BCUT2D eigenvalue weighted by Crippen LogP contribution is -2.43. The van der Waals surface area contributed by atoms with Crippen LogP contribution >= 0.6 is 0 Å². The number of hydrogen-bond donors (Lipinski definition) is 0. The van der Waals surface area contributed by atoms with Crippen LogP contribution < -0.4 is 4.90 Å². The highest BCUT2D eigenvalue weighted by atomic mass is 19.1. The molecule has 0 aromatic carbocycles. The van der Waals surface area contributed by atoms with Crippen molar-refractivity contribution in [1.82, 2.24) is 4.98 Å². The number of pyridine rings is 1. The molecule has 1 aliphatic carbocycles. The Morgan fingerprint density at radius 1 is 1.33 bits per heavy atom. The number of carbonyl (C=O) groups is 1. The van der Waals surface area contributed by atoms with E-state index in [2.05, 4.69) is 9.88 Å². The summed E-state index contributed by atoms with van der Waals surface area (Å²) >= 11 is 0. The summed E-state index contributed by atoms with van der Waals surface area (Å²) in [5.41, 5.74) is 1.04. The van der Waals surface area contributed by atoms with Crippen molar-refractivity contribution in [2.45, 2.75) is 52.6 Å². The second kappa shape index (κ2) is 6.34. The monoisotopic (exact) mass is 334 g/mol. The van der Waals surface area contributed by atoms with Crippen LogP contribution in [0.1, 0.15) is 45.7 Å². The first kappa shape index (κ1) is 17.2. The van der Waals surface area contributed by atoms with Crippen LogP contribution in [0.2, 0.25) is 0 Å². The van der Waals surface area contributed by atoms with Crippen molar-refractivity contribution < 1.29 is 13.9 Å². The Labute approximate surface area is 143 Å². The molecule has 2 bridgehead atoms. The molecule has 1 aromatic rings. The van der Waals surface area contributed by atoms with Gasteiger partial charge in [-0.05, 0) is 64.4 Å². The van der Waals surface area contributed by atoms with Gasteiger partial charge in [0.25, 0.3) is 0 Å². The van der Waals surface area contributed by atoms with Crippen molar-refractivity contribution >= 4 is 11.7 Å². The molecule has 3 atom stereocenters. The zero-order chi connectivity index (χ0) is 17.5. The topological polar surface area (TPSA) is 42.4 Å². The Morgan fingerprint density at radius 2 is 1.96 bits per heavy atom. The van der Waals surface area contributed by atoms with Crippen molar-refractivity contribution in [3.8, 4) is 0 Å². The predicted octanol–water partition coefficient (Wildman–Crippen LogP) is 3.72. The van der Waals surface area contributed by atoms with Crippen LogP contribution in [0.15, 0.2) is 12.3 Å². The van der Waals surface area contributed by atoms with Gasteiger partial charge in [0.1, 0.15) is 5.60 Å². The quantitative estimate of drug-likeness (QED) is 0.790. The molecule has 2 heterocycles. The van der Waals surface area contributed by atoms with Crippen molar-refractivity contribution in [1.29, 1.82) is 0 Å². The molecule has 4 nitrogen and oxygen atoms in total. The van der Waals surface area contributed by atoms with Gasteiger partial charge in [0.05, 0.1) is 11.9 Å². The van der Waals surface area contributed by atoms with Gasteiger partial charge >= 0.3 is 5.97 Å². The molecule has 0 spiro atoms. The smallest absolute Gasteiger partial charge is 0.306 e. The maximum Gasteiger partial charge on any atom is 0.306 e. The van der Waals surface area contributed by atoms with Gasteiger partial charge in [0, 0.05) is 25.2 Å². The molecule has 3 rings (SSSR count). The lowest BCUT2D eigenvalue weighted by molar-refractivity contribution is -0.156. The molecule has 0 radical (unpaired) electrons. The predicted molar refractivity (Wildman–Crippen MR) is 91.3 cm³/mol. The first-order valence-electron chi connectivity index (χ1n) is 8.82. The second-order valence-electron chi connectivity index (χ2n) is 8.23. The largest absolute Gasteiger partial charge is 0.460 e. The number of carbonyl (C=O) groups excluding carboxylic acids is 1. The summed E-state index contributed by atoms with van der Waals surface area (Å²) in [6.07, 6.45) is 4.01. The minimum absolute atomic E-state index is 0.108. The molecule has 2 fully saturated rings. The fourth-order valence-corrected chi connectivity index (χ4v) is 4.21. The van der Waals surface area contributed by atoms with Crippen molar-refractivity contribution in [3.63, 3.8) is 0 Å². The Balaban J connectivity index is 1.68. The van der Waals surface area contributed by atoms with Crippen molar-refractivity contribution in [2.24, 2.45) is 17.8 Å². The van der Waals surface area contributed by atoms with E-state index < -0.39 is 5.60 Å². The molecular formula is C19H27FN2O2. The van der Waals surface area contributed by atoms with Gasteiger partial charge < -0.3 is 9.64 Å². The Bertz CT molecular complexity index is 612. The third kappa shape index (κ3) is 3.70. The van der Waals surface area contributed by atoms with E-state index in [4.69, 9.17) is 4.74 Å². The minimum Gasteiger partial charge on any atom is -0.460 e. The number of hydrogen-bond acceptors (Lipinski definition) is 4. The number of anilines is 1. The van der Waals surface area contributed by atoms with Crippen molar-refractivity contribution in [2.75, 3.05) is 18.0 Å². The zero-order valence-electron chi connectivity index (χ0n) is 15.0. The molecule has 1 unspecified atom stereocenters. The number of ether oxygens (including phenoxy) is 1. The number of nitrogens with zero attached hydrogens (tertiary/aromatic N) is 2. The lowest BCUT2D eigenvalue weighted by Gasteiger charge is -2.39. The lowest BCUT2D eigenvalue weighted by atomic mass is 9.82. The van der Waals surface area contributed by atoms with Gasteiger partial charge in [-0.3, -0.25) is 9.78 Å². The molecule has 0 N–H and O–H groups in total. The molecule has 5 heteroatoms. The summed E-state index contributed by atoms with van der Waals surface area (Å²) in [6.45, 7) is 9.20. The Morgan fingerprint density at radius 3 is 2.54 bits per heavy atom. The number of esters is 1. The Kier molecular flexibility index (Phi) is 4.54. The zero-order valence-corrected chi connectivity index (χ0v) is 15.0. The second-order valence-corrected chi connectivity index (χ2v) is 8.23. The first-order chi connectivity index (χ1) is 11.2. The van der Waals surface area contributed by atoms with Gasteiger partial charge in [-0.15, -0.1) is 0 Å². The number of aromatic nitrogens is 1. The SMILES string of the molecule is Cc1cc(N2C[C@H]3CC[C@@H](C2)C3CC(=O)OC(C)(C)C)c(F)cn1. The fraction of sp³-hybridized carbons (Fsp3) is 0.684. The summed E-state index contributed by atoms with van der Waals surface area (Å²) in [4.78, 5) is 18.3. The molecule has 2 aliphatic rings. The van der Waals surface area contributed by atoms with Gasteiger partial charge in [0.15, 0.2) is 5.82 Å². The van der Waals surface area contributed by atoms with E-state index in [0.717, 1.165) is 31.6 Å². The third-order valence-electron chi connectivity index (χ3n) is 5.16. The van der Waals surface area contributed by atoms with E-state index in [1.165, 1.54) is 6.20 Å². The third-order valence-corrected chi connectivity index (χ3v) is 5.16. The molecule has 1 aromatic heterocycles. The summed E-state index contributed by atoms with van der Waals surface area (Å²) in [7, 11) is 0. The molecule has 1 aliphatic heterocycles.